The first-order valence-corrected chi connectivity index (χ1v) is 11.6. The standard InChI is InChI=1S/C26H29N5O2/c1-3-22(25(32)30-15-13-29(14-16-30)18-19-9-5-4-6-10-19)31-23-12-8-7-11-20(23)21-17-27-28(2)26(33)24(21)31/h4-12,17,22H,3,13-16,18H2,1-2H3/t22-/m1/s1. The Labute approximate surface area is 192 Å². The number of fused-ring (bicyclic) bond motifs is 3. The Morgan fingerprint density at radius 1 is 0.970 bits per heavy atom. The molecule has 170 valence electrons. The molecule has 33 heavy (non-hydrogen) atoms. The summed E-state index contributed by atoms with van der Waals surface area (Å²) in [6.45, 7) is 5.99. The van der Waals surface area contributed by atoms with Crippen molar-refractivity contribution in [2.24, 2.45) is 7.05 Å². The molecular weight excluding hydrogens is 414 g/mol. The first-order chi connectivity index (χ1) is 16.1. The molecule has 2 aromatic carbocycles. The van der Waals surface area contributed by atoms with Crippen LogP contribution in [0.3, 0.4) is 0 Å². The third-order valence-electron chi connectivity index (χ3n) is 6.72. The number of benzene rings is 2. The number of aryl methyl sites for hydroxylation is 1. The van der Waals surface area contributed by atoms with Crippen LogP contribution in [0.15, 0.2) is 65.6 Å². The fraction of sp³-hybridized carbons (Fsp3) is 0.346. The van der Waals surface area contributed by atoms with Gasteiger partial charge in [-0.3, -0.25) is 14.5 Å². The van der Waals surface area contributed by atoms with Gasteiger partial charge in [0.15, 0.2) is 0 Å². The highest BCUT2D eigenvalue weighted by Crippen LogP contribution is 2.31. The zero-order valence-corrected chi connectivity index (χ0v) is 19.1. The van der Waals surface area contributed by atoms with E-state index in [4.69, 9.17) is 0 Å². The summed E-state index contributed by atoms with van der Waals surface area (Å²) < 4.78 is 3.30. The second kappa shape index (κ2) is 8.83. The minimum absolute atomic E-state index is 0.0818. The number of amides is 1. The SMILES string of the molecule is CC[C@H](C(=O)N1CCN(Cc2ccccc2)CC1)n1c2ccccc2c2cnn(C)c(=O)c21. The molecule has 7 nitrogen and oxygen atoms in total. The molecule has 0 bridgehead atoms. The molecule has 1 atom stereocenters. The van der Waals surface area contributed by atoms with Crippen LogP contribution in [0.2, 0.25) is 0 Å². The van der Waals surface area contributed by atoms with Crippen LogP contribution in [0.4, 0.5) is 0 Å². The van der Waals surface area contributed by atoms with Gasteiger partial charge in [0.05, 0.1) is 11.7 Å². The van der Waals surface area contributed by atoms with Crippen molar-refractivity contribution < 1.29 is 4.79 Å². The van der Waals surface area contributed by atoms with Crippen LogP contribution >= 0.6 is 0 Å². The Bertz CT molecular complexity index is 1350. The van der Waals surface area contributed by atoms with E-state index in [0.717, 1.165) is 35.9 Å². The van der Waals surface area contributed by atoms with Crippen LogP contribution in [-0.4, -0.2) is 56.2 Å². The molecule has 1 amide bonds. The summed E-state index contributed by atoms with van der Waals surface area (Å²) in [7, 11) is 1.65. The van der Waals surface area contributed by atoms with Crippen molar-refractivity contribution in [1.29, 1.82) is 0 Å². The van der Waals surface area contributed by atoms with E-state index in [9.17, 15) is 9.59 Å². The van der Waals surface area contributed by atoms with Crippen molar-refractivity contribution in [1.82, 2.24) is 24.1 Å². The molecule has 2 aromatic heterocycles. The molecule has 0 radical (unpaired) electrons. The van der Waals surface area contributed by atoms with E-state index in [1.165, 1.54) is 10.2 Å². The van der Waals surface area contributed by atoms with Gasteiger partial charge < -0.3 is 9.47 Å². The Morgan fingerprint density at radius 3 is 2.39 bits per heavy atom. The molecule has 0 unspecified atom stereocenters. The lowest BCUT2D eigenvalue weighted by Crippen LogP contribution is -2.50. The fourth-order valence-corrected chi connectivity index (χ4v) is 4.96. The van der Waals surface area contributed by atoms with Crippen molar-refractivity contribution in [3.8, 4) is 0 Å². The van der Waals surface area contributed by atoms with E-state index >= 15 is 0 Å². The van der Waals surface area contributed by atoms with E-state index in [1.54, 1.807) is 13.2 Å². The van der Waals surface area contributed by atoms with Crippen molar-refractivity contribution in [3.63, 3.8) is 0 Å². The largest absolute Gasteiger partial charge is 0.338 e. The van der Waals surface area contributed by atoms with Crippen molar-refractivity contribution >= 4 is 27.7 Å². The first kappa shape index (κ1) is 21.4. The fourth-order valence-electron chi connectivity index (χ4n) is 4.96. The summed E-state index contributed by atoms with van der Waals surface area (Å²) in [5.74, 6) is 0.0818. The lowest BCUT2D eigenvalue weighted by atomic mass is 10.1. The van der Waals surface area contributed by atoms with Gasteiger partial charge in [0, 0.05) is 50.5 Å². The summed E-state index contributed by atoms with van der Waals surface area (Å²) in [5, 5.41) is 5.98. The summed E-state index contributed by atoms with van der Waals surface area (Å²) in [5.41, 5.74) is 2.57. The van der Waals surface area contributed by atoms with Crippen molar-refractivity contribution in [2.75, 3.05) is 26.2 Å². The highest BCUT2D eigenvalue weighted by molar-refractivity contribution is 6.08. The van der Waals surface area contributed by atoms with Crippen LogP contribution in [-0.2, 0) is 18.4 Å². The molecule has 1 aliphatic heterocycles. The number of carbonyl (C=O) groups excluding carboxylic acids is 1. The zero-order chi connectivity index (χ0) is 22.9. The normalized spacial score (nSPS) is 15.9. The number of rotatable bonds is 5. The Kier molecular flexibility index (Phi) is 5.72. The predicted molar refractivity (Wildman–Crippen MR) is 130 cm³/mol. The predicted octanol–water partition coefficient (Wildman–Crippen LogP) is 3.18. The van der Waals surface area contributed by atoms with Crippen LogP contribution in [0.1, 0.15) is 24.9 Å². The first-order valence-electron chi connectivity index (χ1n) is 11.6. The molecule has 0 saturated carbocycles. The monoisotopic (exact) mass is 443 g/mol. The highest BCUT2D eigenvalue weighted by Gasteiger charge is 2.30. The number of para-hydroxylation sites is 1. The van der Waals surface area contributed by atoms with Crippen LogP contribution < -0.4 is 5.56 Å². The molecular formula is C26H29N5O2. The molecule has 7 heteroatoms. The molecule has 1 fully saturated rings. The third-order valence-corrected chi connectivity index (χ3v) is 6.72. The van der Waals surface area contributed by atoms with Crippen molar-refractivity contribution in [2.45, 2.75) is 25.9 Å². The summed E-state index contributed by atoms with van der Waals surface area (Å²) in [6, 6.07) is 17.9. The maximum atomic E-state index is 13.7. The summed E-state index contributed by atoms with van der Waals surface area (Å²) >= 11 is 0. The van der Waals surface area contributed by atoms with Gasteiger partial charge in [0.2, 0.25) is 5.91 Å². The minimum Gasteiger partial charge on any atom is -0.338 e. The number of hydrogen-bond acceptors (Lipinski definition) is 4. The molecule has 3 heterocycles. The number of aromatic nitrogens is 3. The van der Waals surface area contributed by atoms with E-state index < -0.39 is 6.04 Å². The third kappa shape index (κ3) is 3.82. The van der Waals surface area contributed by atoms with Gasteiger partial charge >= 0.3 is 0 Å². The number of carbonyl (C=O) groups is 1. The summed E-state index contributed by atoms with van der Waals surface area (Å²) in [6.07, 6.45) is 2.34. The van der Waals surface area contributed by atoms with Gasteiger partial charge in [-0.2, -0.15) is 5.10 Å². The second-order valence-corrected chi connectivity index (χ2v) is 8.73. The smallest absolute Gasteiger partial charge is 0.291 e. The Hall–Kier alpha value is -3.45. The number of nitrogens with zero attached hydrogens (tertiary/aromatic N) is 5. The molecule has 1 aliphatic rings. The molecule has 5 rings (SSSR count). The topological polar surface area (TPSA) is 63.4 Å². The van der Waals surface area contributed by atoms with Crippen LogP contribution in [0.25, 0.3) is 21.8 Å². The van der Waals surface area contributed by atoms with E-state index in [0.29, 0.717) is 25.0 Å². The van der Waals surface area contributed by atoms with Gasteiger partial charge in [-0.25, -0.2) is 4.68 Å². The van der Waals surface area contributed by atoms with Gasteiger partial charge in [0.25, 0.3) is 5.56 Å². The molecule has 1 saturated heterocycles. The lowest BCUT2D eigenvalue weighted by Gasteiger charge is -2.36. The zero-order valence-electron chi connectivity index (χ0n) is 19.1. The van der Waals surface area contributed by atoms with Gasteiger partial charge in [-0.15, -0.1) is 0 Å². The summed E-state index contributed by atoms with van der Waals surface area (Å²) in [4.78, 5) is 31.2. The molecule has 0 aliphatic carbocycles. The van der Waals surface area contributed by atoms with Gasteiger partial charge in [0.1, 0.15) is 11.6 Å². The number of hydrogen-bond donors (Lipinski definition) is 0. The highest BCUT2D eigenvalue weighted by atomic mass is 16.2. The quantitative estimate of drug-likeness (QED) is 0.475. The maximum absolute atomic E-state index is 13.7. The lowest BCUT2D eigenvalue weighted by molar-refractivity contribution is -0.136. The van der Waals surface area contributed by atoms with Crippen LogP contribution in [0.5, 0.6) is 0 Å². The number of piperazine rings is 1. The molecule has 0 N–H and O–H groups in total. The average molecular weight is 444 g/mol. The van der Waals surface area contributed by atoms with E-state index in [1.807, 2.05) is 46.7 Å². The van der Waals surface area contributed by atoms with E-state index in [2.05, 4.69) is 34.3 Å². The molecule has 4 aromatic rings. The second-order valence-electron chi connectivity index (χ2n) is 8.73. The Balaban J connectivity index is 1.44. The Morgan fingerprint density at radius 2 is 1.67 bits per heavy atom. The van der Waals surface area contributed by atoms with Crippen molar-refractivity contribution in [3.05, 3.63) is 76.7 Å². The average Bonchev–Trinajstić information content (AvgIpc) is 3.18. The maximum Gasteiger partial charge on any atom is 0.291 e. The minimum atomic E-state index is -0.428. The van der Waals surface area contributed by atoms with E-state index in [-0.39, 0.29) is 11.5 Å². The van der Waals surface area contributed by atoms with Crippen LogP contribution in [0, 0.1) is 0 Å². The van der Waals surface area contributed by atoms with Gasteiger partial charge in [-0.05, 0) is 18.1 Å². The van der Waals surface area contributed by atoms with Gasteiger partial charge in [-0.1, -0.05) is 55.5 Å². The molecule has 0 spiro atoms.